The van der Waals surface area contributed by atoms with Gasteiger partial charge in [0.1, 0.15) is 11.6 Å². The Labute approximate surface area is 239 Å². The summed E-state index contributed by atoms with van der Waals surface area (Å²) in [6, 6.07) is 9.95. The molecule has 2 saturated heterocycles. The van der Waals surface area contributed by atoms with Gasteiger partial charge in [0.15, 0.2) is 0 Å². The monoisotopic (exact) mass is 587 g/mol. The van der Waals surface area contributed by atoms with Gasteiger partial charge < -0.3 is 15.5 Å². The van der Waals surface area contributed by atoms with E-state index < -0.39 is 33.6 Å². The van der Waals surface area contributed by atoms with E-state index >= 15 is 0 Å². The Bertz CT molecular complexity index is 1380. The van der Waals surface area contributed by atoms with Gasteiger partial charge in [-0.2, -0.15) is 9.57 Å². The summed E-state index contributed by atoms with van der Waals surface area (Å²) >= 11 is 0. The van der Waals surface area contributed by atoms with Crippen molar-refractivity contribution >= 4 is 21.8 Å². The molecule has 4 rings (SSSR count). The van der Waals surface area contributed by atoms with Crippen LogP contribution in [0.1, 0.15) is 43.7 Å². The number of nitriles is 1. The summed E-state index contributed by atoms with van der Waals surface area (Å²) in [5.41, 5.74) is 0.713. The number of amides is 2. The maximum atomic E-state index is 14.0. The van der Waals surface area contributed by atoms with Crippen molar-refractivity contribution in [3.8, 4) is 6.07 Å². The first-order valence-corrected chi connectivity index (χ1v) is 15.3. The number of sulfonamides is 1. The number of nitrogens with zero attached hydrogens (tertiary/aromatic N) is 3. The maximum absolute atomic E-state index is 14.0. The zero-order chi connectivity index (χ0) is 29.6. The molecule has 2 aromatic rings. The van der Waals surface area contributed by atoms with Crippen LogP contribution in [0.5, 0.6) is 0 Å². The Morgan fingerprint density at radius 1 is 1.17 bits per heavy atom. The molecule has 0 saturated carbocycles. The third kappa shape index (κ3) is 7.87. The van der Waals surface area contributed by atoms with Gasteiger partial charge in [-0.15, -0.1) is 0 Å². The summed E-state index contributed by atoms with van der Waals surface area (Å²) in [6.45, 7) is 3.69. The van der Waals surface area contributed by atoms with Crippen LogP contribution in [0.25, 0.3) is 0 Å². The van der Waals surface area contributed by atoms with Crippen LogP contribution in [0.2, 0.25) is 0 Å². The highest BCUT2D eigenvalue weighted by molar-refractivity contribution is 7.89. The molecule has 2 amide bonds. The van der Waals surface area contributed by atoms with Crippen molar-refractivity contribution in [1.82, 2.24) is 19.8 Å². The minimum absolute atomic E-state index is 0.0695. The number of benzene rings is 2. The van der Waals surface area contributed by atoms with Crippen LogP contribution in [0.3, 0.4) is 0 Å². The van der Waals surface area contributed by atoms with Crippen LogP contribution in [-0.2, 0) is 26.0 Å². The summed E-state index contributed by atoms with van der Waals surface area (Å²) in [5, 5.41) is 15.3. The molecule has 9 nitrogen and oxygen atoms in total. The van der Waals surface area contributed by atoms with E-state index in [-0.39, 0.29) is 48.7 Å². The number of likely N-dealkylation sites (tertiary alicyclic amines) is 1. The second-order valence-electron chi connectivity index (χ2n) is 10.7. The molecular formula is C29H35F2N5O4S. The normalized spacial score (nSPS) is 20.5. The Kier molecular flexibility index (Phi) is 10.1. The fourth-order valence-electron chi connectivity index (χ4n) is 5.40. The number of hydrogen-bond donors (Lipinski definition) is 2. The molecule has 0 radical (unpaired) electrons. The van der Waals surface area contributed by atoms with Crippen molar-refractivity contribution in [3.63, 3.8) is 0 Å². The average molecular weight is 588 g/mol. The van der Waals surface area contributed by atoms with Crippen LogP contribution in [0.15, 0.2) is 47.4 Å². The molecule has 2 N–H and O–H groups in total. The number of unbranched alkanes of at least 4 members (excludes halogenated alkanes) is 1. The number of carbonyl (C=O) groups is 2. The van der Waals surface area contributed by atoms with E-state index in [2.05, 4.69) is 10.6 Å². The lowest BCUT2D eigenvalue weighted by atomic mass is 9.97. The average Bonchev–Trinajstić information content (AvgIpc) is 3.31. The van der Waals surface area contributed by atoms with E-state index in [0.717, 1.165) is 18.9 Å². The minimum atomic E-state index is -3.83. The zero-order valence-corrected chi connectivity index (χ0v) is 23.8. The van der Waals surface area contributed by atoms with Gasteiger partial charge in [-0.25, -0.2) is 17.2 Å². The highest BCUT2D eigenvalue weighted by Crippen LogP contribution is 2.22. The van der Waals surface area contributed by atoms with E-state index in [1.165, 1.54) is 40.7 Å². The number of halogens is 2. The molecule has 0 aliphatic carbocycles. The van der Waals surface area contributed by atoms with Gasteiger partial charge in [0, 0.05) is 57.3 Å². The smallest absolute Gasteiger partial charge is 0.243 e. The summed E-state index contributed by atoms with van der Waals surface area (Å²) in [5.74, 6) is -2.36. The molecule has 12 heteroatoms. The largest absolute Gasteiger partial charge is 0.353 e. The van der Waals surface area contributed by atoms with E-state index in [1.54, 1.807) is 4.90 Å². The van der Waals surface area contributed by atoms with Crippen molar-refractivity contribution < 1.29 is 26.8 Å². The molecule has 2 aromatic carbocycles. The van der Waals surface area contributed by atoms with E-state index in [0.29, 0.717) is 37.2 Å². The lowest BCUT2D eigenvalue weighted by Gasteiger charge is -2.35. The Morgan fingerprint density at radius 2 is 1.88 bits per heavy atom. The summed E-state index contributed by atoms with van der Waals surface area (Å²) < 4.78 is 55.9. The molecule has 2 aliphatic heterocycles. The molecule has 220 valence electrons. The highest BCUT2D eigenvalue weighted by atomic mass is 32.2. The van der Waals surface area contributed by atoms with Crippen LogP contribution in [0.4, 0.5) is 8.78 Å². The van der Waals surface area contributed by atoms with E-state index in [9.17, 15) is 26.8 Å². The first-order chi connectivity index (χ1) is 19.6. The Morgan fingerprint density at radius 3 is 2.54 bits per heavy atom. The molecule has 41 heavy (non-hydrogen) atoms. The van der Waals surface area contributed by atoms with Crippen LogP contribution in [0, 0.1) is 28.9 Å². The lowest BCUT2D eigenvalue weighted by molar-refractivity contribution is -0.129. The molecule has 0 bridgehead atoms. The molecule has 0 spiro atoms. The van der Waals surface area contributed by atoms with Gasteiger partial charge in [0.25, 0.3) is 0 Å². The third-order valence-electron chi connectivity index (χ3n) is 7.53. The van der Waals surface area contributed by atoms with Gasteiger partial charge in [0.05, 0.1) is 22.4 Å². The predicted molar refractivity (Wildman–Crippen MR) is 148 cm³/mol. The number of nitrogens with one attached hydrogen (secondary N) is 2. The molecule has 0 aromatic heterocycles. The van der Waals surface area contributed by atoms with Crippen molar-refractivity contribution in [3.05, 3.63) is 65.2 Å². The van der Waals surface area contributed by atoms with Crippen molar-refractivity contribution in [2.24, 2.45) is 5.92 Å². The molecule has 2 unspecified atom stereocenters. The maximum Gasteiger partial charge on any atom is 0.243 e. The SMILES string of the molecule is CCCCN1CC(C(=O)NC(Cc2cc(F)cc(F)c2)C[C@H]2CN(S(=O)(=O)c3ccc(C#N)cc3)CCN2)CC1=O. The first-order valence-electron chi connectivity index (χ1n) is 13.9. The Balaban J connectivity index is 1.48. The van der Waals surface area contributed by atoms with Gasteiger partial charge in [0.2, 0.25) is 21.8 Å². The number of carbonyl (C=O) groups excluding carboxylic acids is 2. The fourth-order valence-corrected chi connectivity index (χ4v) is 6.89. The summed E-state index contributed by atoms with van der Waals surface area (Å²) in [4.78, 5) is 27.5. The van der Waals surface area contributed by atoms with Crippen LogP contribution >= 0.6 is 0 Å². The molecular weight excluding hydrogens is 552 g/mol. The number of piperazine rings is 1. The van der Waals surface area contributed by atoms with Crippen molar-refractivity contribution in [2.45, 2.75) is 56.0 Å². The second-order valence-corrected chi connectivity index (χ2v) is 12.6. The minimum Gasteiger partial charge on any atom is -0.353 e. The van der Waals surface area contributed by atoms with Gasteiger partial charge >= 0.3 is 0 Å². The number of hydrogen-bond acceptors (Lipinski definition) is 6. The highest BCUT2D eigenvalue weighted by Gasteiger charge is 2.36. The van der Waals surface area contributed by atoms with Gasteiger partial charge in [-0.3, -0.25) is 9.59 Å². The van der Waals surface area contributed by atoms with Crippen molar-refractivity contribution in [2.75, 3.05) is 32.7 Å². The van der Waals surface area contributed by atoms with E-state index in [4.69, 9.17) is 5.26 Å². The predicted octanol–water partition coefficient (Wildman–Crippen LogP) is 2.57. The first kappa shape index (κ1) is 30.6. The van der Waals surface area contributed by atoms with Gasteiger partial charge in [-0.05, 0) is 61.2 Å². The molecule has 2 fully saturated rings. The zero-order valence-electron chi connectivity index (χ0n) is 23.0. The standard InChI is InChI=1S/C29H35F2N5O4S/c1-2-3-9-35-18-22(14-28(35)37)29(38)34-25(13-21-11-23(30)15-24(31)12-21)16-26-19-36(10-8-33-26)41(39,40)27-6-4-20(17-32)5-7-27/h4-7,11-12,15,22,25-26,33H,2-3,8-10,13-14,16,18-19H2,1H3,(H,34,38)/t22?,25?,26-/m0/s1. The fraction of sp³-hybridized carbons (Fsp3) is 0.483. The summed E-state index contributed by atoms with van der Waals surface area (Å²) in [7, 11) is -3.83. The molecule has 2 aliphatic rings. The summed E-state index contributed by atoms with van der Waals surface area (Å²) in [6.07, 6.45) is 2.31. The molecule has 2 heterocycles. The van der Waals surface area contributed by atoms with Gasteiger partial charge in [-0.1, -0.05) is 13.3 Å². The second kappa shape index (κ2) is 13.5. The molecule has 3 atom stereocenters. The topological polar surface area (TPSA) is 123 Å². The third-order valence-corrected chi connectivity index (χ3v) is 9.41. The van der Waals surface area contributed by atoms with Crippen molar-refractivity contribution in [1.29, 1.82) is 5.26 Å². The van der Waals surface area contributed by atoms with Crippen LogP contribution < -0.4 is 10.6 Å². The van der Waals surface area contributed by atoms with E-state index in [1.807, 2.05) is 13.0 Å². The quantitative estimate of drug-likeness (QED) is 0.417. The lowest BCUT2D eigenvalue weighted by Crippen LogP contribution is -2.55. The van der Waals surface area contributed by atoms with Crippen LogP contribution in [-0.4, -0.2) is 74.2 Å². The number of rotatable bonds is 11. The Hall–Kier alpha value is -3.40.